The molecular formula is C14H20N4O. The number of aliphatic hydroxyl groups excluding tert-OH is 1. The molecule has 0 fully saturated rings. The lowest BCUT2D eigenvalue weighted by Crippen LogP contribution is -2.11. The van der Waals surface area contributed by atoms with Gasteiger partial charge in [0.05, 0.1) is 6.10 Å². The van der Waals surface area contributed by atoms with E-state index in [9.17, 15) is 5.11 Å². The first-order valence-corrected chi connectivity index (χ1v) is 6.44. The van der Waals surface area contributed by atoms with Crippen molar-refractivity contribution in [2.24, 2.45) is 0 Å². The van der Waals surface area contributed by atoms with Crippen molar-refractivity contribution in [3.8, 4) is 0 Å². The molecule has 1 heterocycles. The zero-order chi connectivity index (χ0) is 13.8. The molecule has 0 saturated carbocycles. The van der Waals surface area contributed by atoms with Crippen molar-refractivity contribution in [1.82, 2.24) is 14.8 Å². The Morgan fingerprint density at radius 3 is 2.84 bits per heavy atom. The van der Waals surface area contributed by atoms with Crippen LogP contribution in [0.15, 0.2) is 30.6 Å². The van der Waals surface area contributed by atoms with Gasteiger partial charge >= 0.3 is 0 Å². The summed E-state index contributed by atoms with van der Waals surface area (Å²) in [5.74, 6) is 0.810. The zero-order valence-electron chi connectivity index (χ0n) is 11.6. The lowest BCUT2D eigenvalue weighted by molar-refractivity contribution is 0.174. The van der Waals surface area contributed by atoms with E-state index in [1.165, 1.54) is 6.33 Å². The molecule has 0 aliphatic rings. The molecule has 2 aromatic rings. The summed E-state index contributed by atoms with van der Waals surface area (Å²) in [7, 11) is 3.97. The standard InChI is InChI=1S/C14H20N4O/c1-4-18-14(15-10-16-18)9-13(19)11-6-5-7-12(8-11)17(2)3/h5-8,10,13,19H,4,9H2,1-3H3. The summed E-state index contributed by atoms with van der Waals surface area (Å²) in [6.45, 7) is 2.77. The van der Waals surface area contributed by atoms with E-state index in [-0.39, 0.29) is 0 Å². The number of benzene rings is 1. The van der Waals surface area contributed by atoms with Crippen LogP contribution >= 0.6 is 0 Å². The maximum Gasteiger partial charge on any atom is 0.138 e. The highest BCUT2D eigenvalue weighted by Crippen LogP contribution is 2.21. The van der Waals surface area contributed by atoms with Crippen molar-refractivity contribution in [2.75, 3.05) is 19.0 Å². The van der Waals surface area contributed by atoms with Crippen LogP contribution in [0.2, 0.25) is 0 Å². The van der Waals surface area contributed by atoms with Crippen molar-refractivity contribution in [3.05, 3.63) is 42.0 Å². The Morgan fingerprint density at radius 1 is 1.37 bits per heavy atom. The molecule has 0 amide bonds. The maximum absolute atomic E-state index is 10.3. The second-order valence-electron chi connectivity index (χ2n) is 4.70. The molecule has 0 saturated heterocycles. The van der Waals surface area contributed by atoms with E-state index in [1.807, 2.05) is 50.2 Å². The Kier molecular flexibility index (Phi) is 4.16. The lowest BCUT2D eigenvalue weighted by Gasteiger charge is -2.16. The van der Waals surface area contributed by atoms with E-state index in [0.717, 1.165) is 23.6 Å². The van der Waals surface area contributed by atoms with Crippen LogP contribution < -0.4 is 4.90 Å². The molecule has 5 nitrogen and oxygen atoms in total. The van der Waals surface area contributed by atoms with E-state index in [1.54, 1.807) is 4.68 Å². The molecule has 1 unspecified atom stereocenters. The van der Waals surface area contributed by atoms with Crippen molar-refractivity contribution in [2.45, 2.75) is 26.0 Å². The molecule has 1 N–H and O–H groups in total. The van der Waals surface area contributed by atoms with Crippen molar-refractivity contribution < 1.29 is 5.11 Å². The second kappa shape index (κ2) is 5.84. The molecular weight excluding hydrogens is 240 g/mol. The monoisotopic (exact) mass is 260 g/mol. The third-order valence-corrected chi connectivity index (χ3v) is 3.14. The van der Waals surface area contributed by atoms with E-state index in [2.05, 4.69) is 10.1 Å². The Bertz CT molecular complexity index is 536. The molecule has 19 heavy (non-hydrogen) atoms. The van der Waals surface area contributed by atoms with Gasteiger partial charge in [0.25, 0.3) is 0 Å². The van der Waals surface area contributed by atoms with Crippen LogP contribution in [0.25, 0.3) is 0 Å². The molecule has 102 valence electrons. The van der Waals surface area contributed by atoms with E-state index < -0.39 is 6.10 Å². The van der Waals surface area contributed by atoms with Gasteiger partial charge in [-0.3, -0.25) is 4.68 Å². The van der Waals surface area contributed by atoms with Crippen LogP contribution in [-0.4, -0.2) is 34.0 Å². The fourth-order valence-corrected chi connectivity index (χ4v) is 2.01. The lowest BCUT2D eigenvalue weighted by atomic mass is 10.1. The Hall–Kier alpha value is -1.88. The third-order valence-electron chi connectivity index (χ3n) is 3.14. The largest absolute Gasteiger partial charge is 0.388 e. The van der Waals surface area contributed by atoms with Crippen LogP contribution in [0.5, 0.6) is 0 Å². The second-order valence-corrected chi connectivity index (χ2v) is 4.70. The van der Waals surface area contributed by atoms with E-state index >= 15 is 0 Å². The smallest absolute Gasteiger partial charge is 0.138 e. The summed E-state index contributed by atoms with van der Waals surface area (Å²) in [6.07, 6.45) is 1.45. The number of nitrogens with zero attached hydrogens (tertiary/aromatic N) is 4. The van der Waals surface area contributed by atoms with Gasteiger partial charge in [0, 0.05) is 32.7 Å². The topological polar surface area (TPSA) is 54.2 Å². The third kappa shape index (κ3) is 3.12. The first-order chi connectivity index (χ1) is 9.11. The number of anilines is 1. The van der Waals surface area contributed by atoms with Gasteiger partial charge in [-0.15, -0.1) is 0 Å². The molecule has 0 spiro atoms. The number of hydrogen-bond acceptors (Lipinski definition) is 4. The van der Waals surface area contributed by atoms with Gasteiger partial charge in [0.2, 0.25) is 0 Å². The molecule has 1 aromatic heterocycles. The minimum Gasteiger partial charge on any atom is -0.388 e. The fraction of sp³-hybridized carbons (Fsp3) is 0.429. The van der Waals surface area contributed by atoms with Crippen molar-refractivity contribution in [3.63, 3.8) is 0 Å². The van der Waals surface area contributed by atoms with E-state index in [0.29, 0.717) is 6.42 Å². The summed E-state index contributed by atoms with van der Waals surface area (Å²) in [5, 5.41) is 14.4. The number of rotatable bonds is 5. The summed E-state index contributed by atoms with van der Waals surface area (Å²) in [4.78, 5) is 6.21. The molecule has 2 rings (SSSR count). The molecule has 0 aliphatic carbocycles. The number of hydrogen-bond donors (Lipinski definition) is 1. The van der Waals surface area contributed by atoms with Crippen LogP contribution in [-0.2, 0) is 13.0 Å². The Balaban J connectivity index is 2.15. The van der Waals surface area contributed by atoms with Gasteiger partial charge in [0.15, 0.2) is 0 Å². The molecule has 1 atom stereocenters. The normalized spacial score (nSPS) is 12.4. The zero-order valence-corrected chi connectivity index (χ0v) is 11.6. The van der Waals surface area contributed by atoms with Crippen LogP contribution in [0.3, 0.4) is 0 Å². The minimum atomic E-state index is -0.561. The van der Waals surface area contributed by atoms with Gasteiger partial charge in [-0.1, -0.05) is 12.1 Å². The quantitative estimate of drug-likeness (QED) is 0.888. The van der Waals surface area contributed by atoms with Crippen LogP contribution in [0, 0.1) is 0 Å². The minimum absolute atomic E-state index is 0.477. The molecule has 0 radical (unpaired) electrons. The first-order valence-electron chi connectivity index (χ1n) is 6.44. The van der Waals surface area contributed by atoms with Gasteiger partial charge in [-0.05, 0) is 24.6 Å². The summed E-state index contributed by atoms with van der Waals surface area (Å²) in [6, 6.07) is 7.91. The maximum atomic E-state index is 10.3. The van der Waals surface area contributed by atoms with Crippen LogP contribution in [0.1, 0.15) is 24.4 Å². The predicted octanol–water partition coefficient (Wildman–Crippen LogP) is 1.64. The van der Waals surface area contributed by atoms with Crippen molar-refractivity contribution in [1.29, 1.82) is 0 Å². The molecule has 5 heteroatoms. The molecule has 0 bridgehead atoms. The highest BCUT2D eigenvalue weighted by molar-refractivity contribution is 5.47. The van der Waals surface area contributed by atoms with Crippen LogP contribution in [0.4, 0.5) is 5.69 Å². The van der Waals surface area contributed by atoms with Gasteiger partial charge in [-0.25, -0.2) is 4.98 Å². The van der Waals surface area contributed by atoms with Gasteiger partial charge in [0.1, 0.15) is 12.2 Å². The Morgan fingerprint density at radius 2 is 2.16 bits per heavy atom. The average Bonchev–Trinajstić information content (AvgIpc) is 2.86. The predicted molar refractivity (Wildman–Crippen MR) is 75.1 cm³/mol. The fourth-order valence-electron chi connectivity index (χ4n) is 2.01. The summed E-state index contributed by atoms with van der Waals surface area (Å²) in [5.41, 5.74) is 1.98. The number of aromatic nitrogens is 3. The first kappa shape index (κ1) is 13.5. The average molecular weight is 260 g/mol. The number of aryl methyl sites for hydroxylation is 1. The van der Waals surface area contributed by atoms with Crippen molar-refractivity contribution >= 4 is 5.69 Å². The summed E-state index contributed by atoms with van der Waals surface area (Å²) < 4.78 is 1.80. The van der Waals surface area contributed by atoms with E-state index in [4.69, 9.17) is 0 Å². The summed E-state index contributed by atoms with van der Waals surface area (Å²) >= 11 is 0. The number of aliphatic hydroxyl groups is 1. The Labute approximate surface area is 113 Å². The highest BCUT2D eigenvalue weighted by atomic mass is 16.3. The molecule has 1 aromatic carbocycles. The molecule has 0 aliphatic heterocycles. The van der Waals surface area contributed by atoms with Gasteiger partial charge in [-0.2, -0.15) is 5.10 Å². The van der Waals surface area contributed by atoms with Gasteiger partial charge < -0.3 is 10.0 Å². The highest BCUT2D eigenvalue weighted by Gasteiger charge is 2.13. The SMILES string of the molecule is CCn1ncnc1CC(O)c1cccc(N(C)C)c1.